The number of pyridine rings is 1. The molecule has 5 heterocycles. The Labute approximate surface area is 247 Å². The molecule has 0 unspecified atom stereocenters. The van der Waals surface area contributed by atoms with E-state index >= 15 is 4.39 Å². The van der Waals surface area contributed by atoms with Gasteiger partial charge < -0.3 is 24.8 Å². The van der Waals surface area contributed by atoms with Crippen LogP contribution in [0.4, 0.5) is 14.6 Å². The number of hydrogen-bond acceptors (Lipinski definition) is 9. The summed E-state index contributed by atoms with van der Waals surface area (Å²) in [5.41, 5.74) is -0.208. The van der Waals surface area contributed by atoms with Crippen LogP contribution >= 0.6 is 0 Å². The van der Waals surface area contributed by atoms with Crippen molar-refractivity contribution in [1.29, 1.82) is 0 Å². The monoisotopic (exact) mass is 586 g/mol. The van der Waals surface area contributed by atoms with Gasteiger partial charge in [0, 0.05) is 37.1 Å². The smallest absolute Gasteiger partial charge is 0.319 e. The minimum absolute atomic E-state index is 0.0391. The summed E-state index contributed by atoms with van der Waals surface area (Å²) in [6, 6.07) is 5.54. The van der Waals surface area contributed by atoms with E-state index in [0.717, 1.165) is 51.9 Å². The van der Waals surface area contributed by atoms with Gasteiger partial charge in [0.15, 0.2) is 5.82 Å². The maximum Gasteiger partial charge on any atom is 0.319 e. The van der Waals surface area contributed by atoms with Crippen LogP contribution in [-0.4, -0.2) is 83.5 Å². The normalized spacial score (nSPS) is 18.2. The number of benzene rings is 2. The van der Waals surface area contributed by atoms with Crippen LogP contribution in [0.5, 0.6) is 17.6 Å². The summed E-state index contributed by atoms with van der Waals surface area (Å²) in [5, 5.41) is 14.9. The Bertz CT molecular complexity index is 1780. The molecule has 3 aliphatic rings. The number of fused-ring (bicyclic) bond motifs is 3. The molecule has 2 aromatic carbocycles. The highest BCUT2D eigenvalue weighted by Gasteiger charge is 2.45. The number of phenolic OH excluding ortho intramolecular Hbond substituents is 1. The van der Waals surface area contributed by atoms with Crippen molar-refractivity contribution >= 4 is 27.5 Å². The molecule has 3 aliphatic heterocycles. The number of terminal acetylenes is 1. The van der Waals surface area contributed by atoms with Gasteiger partial charge >= 0.3 is 6.01 Å². The summed E-state index contributed by atoms with van der Waals surface area (Å²) in [6.07, 6.45) is 10.0. The molecule has 11 heteroatoms. The third-order valence-corrected chi connectivity index (χ3v) is 9.05. The van der Waals surface area contributed by atoms with Gasteiger partial charge in [0.2, 0.25) is 5.88 Å². The van der Waals surface area contributed by atoms with Crippen molar-refractivity contribution in [3.63, 3.8) is 0 Å². The Balaban J connectivity index is 1.44. The van der Waals surface area contributed by atoms with E-state index < -0.39 is 11.6 Å². The zero-order chi connectivity index (χ0) is 29.7. The summed E-state index contributed by atoms with van der Waals surface area (Å²) in [6.45, 7) is 5.24. The zero-order valence-corrected chi connectivity index (χ0v) is 23.9. The molecule has 0 atom stereocenters. The molecule has 0 spiro atoms. The Morgan fingerprint density at radius 3 is 2.53 bits per heavy atom. The largest absolute Gasteiger partial charge is 0.508 e. The maximum atomic E-state index is 16.8. The topological polar surface area (TPSA) is 95.9 Å². The first-order valence-electron chi connectivity index (χ1n) is 14.6. The number of methoxy groups -OCH3 is 1. The molecule has 0 saturated carbocycles. The lowest BCUT2D eigenvalue weighted by molar-refractivity contribution is 0.108. The van der Waals surface area contributed by atoms with Crippen molar-refractivity contribution in [2.24, 2.45) is 0 Å². The van der Waals surface area contributed by atoms with Crippen LogP contribution in [0.3, 0.4) is 0 Å². The number of aromatic hydroxyl groups is 1. The number of ether oxygens (including phenoxy) is 2. The first-order valence-corrected chi connectivity index (χ1v) is 14.6. The van der Waals surface area contributed by atoms with Crippen LogP contribution in [0, 0.1) is 24.0 Å². The molecular formula is C32H32F2N6O3. The van der Waals surface area contributed by atoms with Gasteiger partial charge in [-0.3, -0.25) is 4.90 Å². The second kappa shape index (κ2) is 10.8. The van der Waals surface area contributed by atoms with E-state index in [1.165, 1.54) is 31.4 Å². The number of halogens is 2. The molecule has 9 nitrogen and oxygen atoms in total. The summed E-state index contributed by atoms with van der Waals surface area (Å²) >= 11 is 0. The average molecular weight is 587 g/mol. The second-order valence-electron chi connectivity index (χ2n) is 11.4. The quantitative estimate of drug-likeness (QED) is 0.322. The Hall–Kier alpha value is -4.27. The number of aromatic nitrogens is 3. The number of rotatable bonds is 6. The lowest BCUT2D eigenvalue weighted by Gasteiger charge is -2.32. The molecule has 4 aromatic rings. The minimum Gasteiger partial charge on any atom is -0.508 e. The molecule has 2 N–H and O–H groups in total. The number of nitrogens with one attached hydrogen (secondary N) is 1. The zero-order valence-electron chi connectivity index (χ0n) is 23.9. The molecule has 43 heavy (non-hydrogen) atoms. The second-order valence-corrected chi connectivity index (χ2v) is 11.4. The first kappa shape index (κ1) is 27.6. The molecule has 222 valence electrons. The highest BCUT2D eigenvalue weighted by molar-refractivity contribution is 6.04. The van der Waals surface area contributed by atoms with Crippen LogP contribution in [0.25, 0.3) is 32.9 Å². The van der Waals surface area contributed by atoms with E-state index in [9.17, 15) is 9.50 Å². The fourth-order valence-corrected chi connectivity index (χ4v) is 7.01. The van der Waals surface area contributed by atoms with Gasteiger partial charge in [-0.15, -0.1) is 6.42 Å². The Morgan fingerprint density at radius 2 is 1.81 bits per heavy atom. The van der Waals surface area contributed by atoms with Gasteiger partial charge in [-0.25, -0.2) is 13.8 Å². The van der Waals surface area contributed by atoms with Gasteiger partial charge in [0.25, 0.3) is 0 Å². The van der Waals surface area contributed by atoms with Crippen LogP contribution in [0.1, 0.15) is 31.2 Å². The summed E-state index contributed by atoms with van der Waals surface area (Å²) in [5.74, 6) is 1.38. The van der Waals surface area contributed by atoms with Crippen molar-refractivity contribution in [2.75, 3.05) is 57.9 Å². The molecule has 3 fully saturated rings. The Morgan fingerprint density at radius 1 is 1.05 bits per heavy atom. The average Bonchev–Trinajstić information content (AvgIpc) is 3.61. The van der Waals surface area contributed by atoms with E-state index in [1.807, 2.05) is 4.90 Å². The standard InChI is InChI=1S/C32H32F2N6O3/c1-3-21-23(33)7-6-19-16-20(41)17-22(24(19)21)27-26(34)28-25(30(36-27)42-2)29(39-14-10-35-11-15-39)38-31(37-28)43-18-32-8-4-12-40(32)13-5-9-32/h1,6-7,16-17,35,41H,4-5,8-15,18H2,2H3. The molecule has 7 rings (SSSR count). The van der Waals surface area contributed by atoms with Gasteiger partial charge in [0.1, 0.15) is 40.6 Å². The van der Waals surface area contributed by atoms with E-state index in [4.69, 9.17) is 20.9 Å². The first-order chi connectivity index (χ1) is 20.9. The van der Waals surface area contributed by atoms with E-state index in [2.05, 4.69) is 26.1 Å². The Kier molecular flexibility index (Phi) is 6.91. The molecule has 0 bridgehead atoms. The highest BCUT2D eigenvalue weighted by atomic mass is 19.1. The minimum atomic E-state index is -0.778. The highest BCUT2D eigenvalue weighted by Crippen LogP contribution is 2.43. The van der Waals surface area contributed by atoms with Gasteiger partial charge in [-0.2, -0.15) is 9.97 Å². The molecule has 2 aromatic heterocycles. The predicted octanol–water partition coefficient (Wildman–Crippen LogP) is 4.24. The van der Waals surface area contributed by atoms with Crippen molar-refractivity contribution in [1.82, 2.24) is 25.2 Å². The number of phenols is 1. The predicted molar refractivity (Wildman–Crippen MR) is 160 cm³/mol. The lowest BCUT2D eigenvalue weighted by Crippen LogP contribution is -2.44. The number of piperazine rings is 1. The van der Waals surface area contributed by atoms with Gasteiger partial charge in [-0.1, -0.05) is 12.0 Å². The summed E-state index contributed by atoms with van der Waals surface area (Å²) in [4.78, 5) is 18.5. The summed E-state index contributed by atoms with van der Waals surface area (Å²) in [7, 11) is 1.44. The van der Waals surface area contributed by atoms with Crippen molar-refractivity contribution in [2.45, 2.75) is 31.2 Å². The third kappa shape index (κ3) is 4.56. The van der Waals surface area contributed by atoms with E-state index in [0.29, 0.717) is 36.3 Å². The number of nitrogens with zero attached hydrogens (tertiary/aromatic N) is 5. The molecule has 0 amide bonds. The van der Waals surface area contributed by atoms with Gasteiger partial charge in [-0.05, 0) is 62.4 Å². The fourth-order valence-electron chi connectivity index (χ4n) is 7.01. The SMILES string of the molecule is C#Cc1c(F)ccc2cc(O)cc(-c3nc(OC)c4c(N5CCNCC5)nc(OCC56CCCN5CCC6)nc4c3F)c12. The molecular weight excluding hydrogens is 554 g/mol. The third-order valence-electron chi connectivity index (χ3n) is 9.05. The van der Waals surface area contributed by atoms with E-state index in [1.54, 1.807) is 0 Å². The summed E-state index contributed by atoms with van der Waals surface area (Å²) < 4.78 is 43.7. The molecule has 0 aliphatic carbocycles. The van der Waals surface area contributed by atoms with Crippen LogP contribution in [0.2, 0.25) is 0 Å². The van der Waals surface area contributed by atoms with Crippen LogP contribution < -0.4 is 19.7 Å². The van der Waals surface area contributed by atoms with Crippen LogP contribution in [0.15, 0.2) is 24.3 Å². The van der Waals surface area contributed by atoms with Crippen molar-refractivity contribution in [3.05, 3.63) is 41.5 Å². The van der Waals surface area contributed by atoms with Gasteiger partial charge in [0.05, 0.1) is 18.2 Å². The van der Waals surface area contributed by atoms with E-state index in [-0.39, 0.29) is 50.9 Å². The van der Waals surface area contributed by atoms with Crippen LogP contribution in [-0.2, 0) is 0 Å². The fraction of sp³-hybridized carbons (Fsp3) is 0.406. The molecule has 3 saturated heterocycles. The lowest BCUT2D eigenvalue weighted by atomic mass is 9.95. The van der Waals surface area contributed by atoms with Crippen molar-refractivity contribution in [3.8, 4) is 41.2 Å². The number of hydrogen-bond donors (Lipinski definition) is 2. The number of anilines is 1. The van der Waals surface area contributed by atoms with Crippen molar-refractivity contribution < 1.29 is 23.4 Å². The molecule has 0 radical (unpaired) electrons. The maximum absolute atomic E-state index is 16.8.